The van der Waals surface area contributed by atoms with E-state index in [2.05, 4.69) is 21.2 Å². The molecule has 1 heterocycles. The van der Waals surface area contributed by atoms with E-state index in [4.69, 9.17) is 9.15 Å². The van der Waals surface area contributed by atoms with E-state index in [9.17, 15) is 14.9 Å². The molecule has 1 N–H and O–H groups in total. The SMILES string of the molecule is CCCOc1ccc(NC(=O)c2ccc(Br)o2)c([N+](=O)[O-])c1. The molecule has 0 aliphatic rings. The largest absolute Gasteiger partial charge is 0.493 e. The summed E-state index contributed by atoms with van der Waals surface area (Å²) in [5.41, 5.74) is -0.168. The quantitative estimate of drug-likeness (QED) is 0.614. The molecule has 0 fully saturated rings. The average molecular weight is 369 g/mol. The zero-order valence-electron chi connectivity index (χ0n) is 11.7. The van der Waals surface area contributed by atoms with Gasteiger partial charge in [0.1, 0.15) is 11.4 Å². The van der Waals surface area contributed by atoms with Crippen molar-refractivity contribution in [3.05, 3.63) is 50.9 Å². The van der Waals surface area contributed by atoms with Crippen molar-refractivity contribution in [1.29, 1.82) is 0 Å². The number of carbonyl (C=O) groups is 1. The minimum atomic E-state index is -0.577. The topological polar surface area (TPSA) is 94.6 Å². The monoisotopic (exact) mass is 368 g/mol. The molecule has 0 bridgehead atoms. The lowest BCUT2D eigenvalue weighted by Crippen LogP contribution is -2.12. The van der Waals surface area contributed by atoms with Crippen LogP contribution in [0.15, 0.2) is 39.4 Å². The first-order valence-corrected chi connectivity index (χ1v) is 7.28. The van der Waals surface area contributed by atoms with Crippen LogP contribution < -0.4 is 10.1 Å². The number of rotatable bonds is 6. The third kappa shape index (κ3) is 3.85. The molecule has 8 heteroatoms. The Hall–Kier alpha value is -2.35. The number of benzene rings is 1. The van der Waals surface area contributed by atoms with Gasteiger partial charge in [-0.25, -0.2) is 0 Å². The molecule has 0 unspecified atom stereocenters. The Balaban J connectivity index is 2.22. The highest BCUT2D eigenvalue weighted by molar-refractivity contribution is 9.10. The van der Waals surface area contributed by atoms with Crippen LogP contribution in [0, 0.1) is 10.1 Å². The van der Waals surface area contributed by atoms with E-state index >= 15 is 0 Å². The van der Waals surface area contributed by atoms with Gasteiger partial charge in [0.15, 0.2) is 10.4 Å². The molecule has 2 aromatic rings. The molecular weight excluding hydrogens is 356 g/mol. The van der Waals surface area contributed by atoms with E-state index < -0.39 is 10.8 Å². The van der Waals surface area contributed by atoms with Gasteiger partial charge < -0.3 is 14.5 Å². The van der Waals surface area contributed by atoms with Gasteiger partial charge in [0, 0.05) is 0 Å². The summed E-state index contributed by atoms with van der Waals surface area (Å²) in [6, 6.07) is 7.30. The van der Waals surface area contributed by atoms with Gasteiger partial charge in [-0.05, 0) is 46.6 Å². The molecule has 2 rings (SSSR count). The first kappa shape index (κ1) is 16.0. The number of nitrogens with one attached hydrogen (secondary N) is 1. The molecule has 1 amide bonds. The van der Waals surface area contributed by atoms with Crippen LogP contribution in [0.4, 0.5) is 11.4 Å². The summed E-state index contributed by atoms with van der Waals surface area (Å²) in [5.74, 6) is -0.143. The Bertz CT molecular complexity index is 698. The number of amides is 1. The lowest BCUT2D eigenvalue weighted by Gasteiger charge is -2.08. The van der Waals surface area contributed by atoms with E-state index in [0.29, 0.717) is 17.0 Å². The van der Waals surface area contributed by atoms with Gasteiger partial charge in [-0.3, -0.25) is 14.9 Å². The van der Waals surface area contributed by atoms with Crippen molar-refractivity contribution < 1.29 is 18.9 Å². The molecule has 22 heavy (non-hydrogen) atoms. The first-order chi connectivity index (χ1) is 10.5. The smallest absolute Gasteiger partial charge is 0.296 e. The maximum Gasteiger partial charge on any atom is 0.296 e. The molecule has 0 spiro atoms. The maximum absolute atomic E-state index is 12.0. The van der Waals surface area contributed by atoms with Gasteiger partial charge in [-0.1, -0.05) is 6.92 Å². The normalized spacial score (nSPS) is 10.3. The molecule has 0 saturated carbocycles. The summed E-state index contributed by atoms with van der Waals surface area (Å²) in [6.45, 7) is 2.40. The number of hydrogen-bond acceptors (Lipinski definition) is 5. The molecule has 0 aliphatic carbocycles. The third-order valence-corrected chi connectivity index (χ3v) is 3.11. The Labute approximate surface area is 134 Å². The van der Waals surface area contributed by atoms with E-state index in [-0.39, 0.29) is 17.1 Å². The molecule has 0 atom stereocenters. The number of carbonyl (C=O) groups excluding carboxylic acids is 1. The highest BCUT2D eigenvalue weighted by atomic mass is 79.9. The summed E-state index contributed by atoms with van der Waals surface area (Å²) in [4.78, 5) is 22.5. The van der Waals surface area contributed by atoms with Crippen LogP contribution in [0.25, 0.3) is 0 Å². The molecule has 116 valence electrons. The molecule has 7 nitrogen and oxygen atoms in total. The van der Waals surface area contributed by atoms with Crippen LogP contribution in [0.5, 0.6) is 5.75 Å². The lowest BCUT2D eigenvalue weighted by molar-refractivity contribution is -0.384. The van der Waals surface area contributed by atoms with Crippen LogP contribution >= 0.6 is 15.9 Å². The molecule has 1 aromatic carbocycles. The summed E-state index contributed by atoms with van der Waals surface area (Å²) >= 11 is 3.09. The molecule has 0 radical (unpaired) electrons. The van der Waals surface area contributed by atoms with Crippen LogP contribution in [0.1, 0.15) is 23.9 Å². The van der Waals surface area contributed by atoms with Crippen molar-refractivity contribution in [1.82, 2.24) is 0 Å². The number of furan rings is 1. The van der Waals surface area contributed by atoms with Crippen molar-refractivity contribution in [3.63, 3.8) is 0 Å². The minimum Gasteiger partial charge on any atom is -0.493 e. The van der Waals surface area contributed by atoms with E-state index in [0.717, 1.165) is 6.42 Å². The Morgan fingerprint density at radius 3 is 2.77 bits per heavy atom. The average Bonchev–Trinajstić information content (AvgIpc) is 2.92. The summed E-state index contributed by atoms with van der Waals surface area (Å²) in [7, 11) is 0. The molecule has 0 saturated heterocycles. The first-order valence-electron chi connectivity index (χ1n) is 6.49. The van der Waals surface area contributed by atoms with Crippen molar-refractivity contribution in [2.45, 2.75) is 13.3 Å². The minimum absolute atomic E-state index is 0.0486. The van der Waals surface area contributed by atoms with Crippen molar-refractivity contribution in [3.8, 4) is 5.75 Å². The predicted molar refractivity (Wildman–Crippen MR) is 83.2 cm³/mol. The van der Waals surface area contributed by atoms with Gasteiger partial charge in [0.2, 0.25) is 0 Å². The van der Waals surface area contributed by atoms with Gasteiger partial charge in [-0.15, -0.1) is 0 Å². The van der Waals surface area contributed by atoms with Crippen LogP contribution in [-0.2, 0) is 0 Å². The van der Waals surface area contributed by atoms with Crippen molar-refractivity contribution in [2.75, 3.05) is 11.9 Å². The lowest BCUT2D eigenvalue weighted by atomic mass is 10.2. The number of nitro benzene ring substituents is 1. The fourth-order valence-electron chi connectivity index (χ4n) is 1.70. The second-order valence-electron chi connectivity index (χ2n) is 4.34. The summed E-state index contributed by atoms with van der Waals surface area (Å²) in [6.07, 6.45) is 0.791. The van der Waals surface area contributed by atoms with Gasteiger partial charge >= 0.3 is 0 Å². The summed E-state index contributed by atoms with van der Waals surface area (Å²) in [5, 5.41) is 13.6. The Kier molecular flexibility index (Phi) is 5.16. The molecule has 1 aromatic heterocycles. The zero-order valence-corrected chi connectivity index (χ0v) is 13.3. The third-order valence-electron chi connectivity index (χ3n) is 2.68. The predicted octanol–water partition coefficient (Wildman–Crippen LogP) is 3.99. The van der Waals surface area contributed by atoms with Crippen molar-refractivity contribution >= 4 is 33.2 Å². The zero-order chi connectivity index (χ0) is 16.1. The van der Waals surface area contributed by atoms with Crippen LogP contribution in [0.3, 0.4) is 0 Å². The van der Waals surface area contributed by atoms with Gasteiger partial charge in [0.05, 0.1) is 17.6 Å². The number of nitro groups is 1. The molecular formula is C14H13BrN2O5. The van der Waals surface area contributed by atoms with E-state index in [1.807, 2.05) is 6.92 Å². The Morgan fingerprint density at radius 1 is 1.41 bits per heavy atom. The Morgan fingerprint density at radius 2 is 2.18 bits per heavy atom. The van der Waals surface area contributed by atoms with Crippen LogP contribution in [-0.4, -0.2) is 17.4 Å². The van der Waals surface area contributed by atoms with Crippen LogP contribution in [0.2, 0.25) is 0 Å². The highest BCUT2D eigenvalue weighted by Crippen LogP contribution is 2.29. The maximum atomic E-state index is 12.0. The van der Waals surface area contributed by atoms with E-state index in [1.165, 1.54) is 18.2 Å². The standard InChI is InChI=1S/C14H13BrN2O5/c1-2-7-21-9-3-4-10(11(8-9)17(19)20)16-14(18)12-5-6-13(15)22-12/h3-6,8H,2,7H2,1H3,(H,16,18). The van der Waals surface area contributed by atoms with Gasteiger partial charge in [0.25, 0.3) is 11.6 Å². The number of nitrogens with zero attached hydrogens (tertiary/aromatic N) is 1. The number of ether oxygens (including phenoxy) is 1. The molecule has 0 aliphatic heterocycles. The second kappa shape index (κ2) is 7.08. The second-order valence-corrected chi connectivity index (χ2v) is 5.12. The number of halogens is 1. The van der Waals surface area contributed by atoms with Gasteiger partial charge in [-0.2, -0.15) is 0 Å². The fraction of sp³-hybridized carbons (Fsp3) is 0.214. The van der Waals surface area contributed by atoms with Crippen molar-refractivity contribution in [2.24, 2.45) is 0 Å². The highest BCUT2D eigenvalue weighted by Gasteiger charge is 2.19. The van der Waals surface area contributed by atoms with E-state index in [1.54, 1.807) is 12.1 Å². The summed E-state index contributed by atoms with van der Waals surface area (Å²) < 4.78 is 10.9. The number of hydrogen-bond donors (Lipinski definition) is 1. The fourth-order valence-corrected chi connectivity index (χ4v) is 2.00. The number of anilines is 1.